The standard InChI is InChI=1S/C24H32N2O4/c1-24(13-15-30-22(25)27)12-7-14-26(23(28)29-2)21(24)17-18-8-6-11-20(16-18)19-9-4-3-5-10-19/h3-6,8-11,16,21,23,28H,7,12-15,17H2,1-2H3,(H2,25,27)/t21-,23?,24+/m1/s1. The van der Waals surface area contributed by atoms with Crippen LogP contribution in [-0.4, -0.2) is 48.8 Å². The van der Waals surface area contributed by atoms with E-state index in [1.165, 1.54) is 23.8 Å². The summed E-state index contributed by atoms with van der Waals surface area (Å²) < 4.78 is 10.3. The van der Waals surface area contributed by atoms with Gasteiger partial charge in [0.25, 0.3) is 0 Å². The van der Waals surface area contributed by atoms with Gasteiger partial charge in [-0.25, -0.2) is 4.79 Å². The van der Waals surface area contributed by atoms with Crippen LogP contribution in [0.5, 0.6) is 0 Å². The maximum absolute atomic E-state index is 11.0. The minimum Gasteiger partial charge on any atom is -0.450 e. The Bertz CT molecular complexity index is 829. The number of hydrogen-bond donors (Lipinski definition) is 2. The van der Waals surface area contributed by atoms with Gasteiger partial charge in [-0.2, -0.15) is 0 Å². The Labute approximate surface area is 178 Å². The molecule has 0 radical (unpaired) electrons. The lowest BCUT2D eigenvalue weighted by molar-refractivity contribution is -0.214. The van der Waals surface area contributed by atoms with Crippen LogP contribution in [0.25, 0.3) is 11.1 Å². The molecule has 3 atom stereocenters. The summed E-state index contributed by atoms with van der Waals surface area (Å²) >= 11 is 0. The van der Waals surface area contributed by atoms with Gasteiger partial charge in [0.1, 0.15) is 0 Å². The van der Waals surface area contributed by atoms with E-state index in [4.69, 9.17) is 15.2 Å². The number of ether oxygens (including phenoxy) is 2. The Morgan fingerprint density at radius 2 is 1.97 bits per heavy atom. The number of hydrogen-bond acceptors (Lipinski definition) is 5. The number of rotatable bonds is 8. The maximum Gasteiger partial charge on any atom is 0.404 e. The summed E-state index contributed by atoms with van der Waals surface area (Å²) in [5, 5.41) is 10.5. The fourth-order valence-corrected chi connectivity index (χ4v) is 4.56. The molecule has 0 aromatic heterocycles. The van der Waals surface area contributed by atoms with Gasteiger partial charge in [0.05, 0.1) is 6.61 Å². The minimum atomic E-state index is -0.969. The highest BCUT2D eigenvalue weighted by Gasteiger charge is 2.43. The molecule has 1 heterocycles. The number of carbonyl (C=O) groups excluding carboxylic acids is 1. The van der Waals surface area contributed by atoms with Gasteiger partial charge in [0, 0.05) is 19.7 Å². The number of benzene rings is 2. The summed E-state index contributed by atoms with van der Waals surface area (Å²) in [5.41, 5.74) is 8.53. The molecule has 3 rings (SSSR count). The Morgan fingerprint density at radius 3 is 2.67 bits per heavy atom. The molecule has 1 unspecified atom stereocenters. The van der Waals surface area contributed by atoms with Crippen molar-refractivity contribution in [2.75, 3.05) is 20.3 Å². The van der Waals surface area contributed by atoms with Crippen molar-refractivity contribution in [3.05, 3.63) is 60.2 Å². The van der Waals surface area contributed by atoms with Crippen LogP contribution in [0.4, 0.5) is 4.79 Å². The second-order valence-electron chi connectivity index (χ2n) is 8.26. The molecular formula is C24H32N2O4. The van der Waals surface area contributed by atoms with E-state index in [1.54, 1.807) is 0 Å². The van der Waals surface area contributed by atoms with Crippen LogP contribution in [0, 0.1) is 5.41 Å². The number of methoxy groups -OCH3 is 1. The lowest BCUT2D eigenvalue weighted by atomic mass is 9.70. The second-order valence-corrected chi connectivity index (χ2v) is 8.26. The Kier molecular flexibility index (Phi) is 7.48. The lowest BCUT2D eigenvalue weighted by Crippen LogP contribution is -2.56. The van der Waals surface area contributed by atoms with Crippen molar-refractivity contribution < 1.29 is 19.4 Å². The topological polar surface area (TPSA) is 85.0 Å². The summed E-state index contributed by atoms with van der Waals surface area (Å²) in [6, 6.07) is 18.8. The van der Waals surface area contributed by atoms with Gasteiger partial charge >= 0.3 is 6.09 Å². The van der Waals surface area contributed by atoms with E-state index in [9.17, 15) is 9.90 Å². The van der Waals surface area contributed by atoms with Gasteiger partial charge in [0.15, 0.2) is 0 Å². The summed E-state index contributed by atoms with van der Waals surface area (Å²) in [7, 11) is 1.51. The maximum atomic E-state index is 11.0. The molecule has 6 heteroatoms. The third-order valence-electron chi connectivity index (χ3n) is 6.24. The normalized spacial score (nSPS) is 23.1. The van der Waals surface area contributed by atoms with Gasteiger partial charge in [-0.15, -0.1) is 0 Å². The van der Waals surface area contributed by atoms with E-state index in [-0.39, 0.29) is 18.1 Å². The first-order valence-corrected chi connectivity index (χ1v) is 10.5. The van der Waals surface area contributed by atoms with E-state index in [2.05, 4.69) is 43.3 Å². The molecule has 2 aromatic carbocycles. The third-order valence-corrected chi connectivity index (χ3v) is 6.24. The molecule has 0 saturated carbocycles. The number of piperidine rings is 1. The monoisotopic (exact) mass is 412 g/mol. The summed E-state index contributed by atoms with van der Waals surface area (Å²) in [5.74, 6) is 0. The first-order valence-electron chi connectivity index (χ1n) is 10.5. The molecule has 0 bridgehead atoms. The summed E-state index contributed by atoms with van der Waals surface area (Å²) in [4.78, 5) is 13.1. The average Bonchev–Trinajstić information content (AvgIpc) is 2.75. The molecule has 1 amide bonds. The van der Waals surface area contributed by atoms with E-state index in [0.717, 1.165) is 25.8 Å². The number of carbonyl (C=O) groups is 1. The lowest BCUT2D eigenvalue weighted by Gasteiger charge is -2.49. The molecule has 1 fully saturated rings. The van der Waals surface area contributed by atoms with Crippen LogP contribution in [0.1, 0.15) is 31.7 Å². The van der Waals surface area contributed by atoms with Crippen molar-refractivity contribution in [1.29, 1.82) is 0 Å². The van der Waals surface area contributed by atoms with E-state index in [1.807, 2.05) is 23.1 Å². The predicted octanol–water partition coefficient (Wildman–Crippen LogP) is 3.77. The van der Waals surface area contributed by atoms with Gasteiger partial charge in [-0.05, 0) is 47.8 Å². The number of nitrogens with zero attached hydrogens (tertiary/aromatic N) is 1. The highest BCUT2D eigenvalue weighted by molar-refractivity contribution is 5.64. The molecule has 3 N–H and O–H groups in total. The fourth-order valence-electron chi connectivity index (χ4n) is 4.56. The molecule has 162 valence electrons. The minimum absolute atomic E-state index is 0.0312. The first-order chi connectivity index (χ1) is 14.4. The molecule has 0 spiro atoms. The van der Waals surface area contributed by atoms with Crippen molar-refractivity contribution in [3.63, 3.8) is 0 Å². The predicted molar refractivity (Wildman–Crippen MR) is 117 cm³/mol. The van der Waals surface area contributed by atoms with E-state index >= 15 is 0 Å². The zero-order valence-corrected chi connectivity index (χ0v) is 17.8. The number of amides is 1. The molecule has 1 aliphatic heterocycles. The zero-order chi connectivity index (χ0) is 21.6. The number of aliphatic hydroxyl groups excluding tert-OH is 1. The van der Waals surface area contributed by atoms with Crippen LogP contribution in [0.2, 0.25) is 0 Å². The van der Waals surface area contributed by atoms with Gasteiger partial charge in [0.2, 0.25) is 6.41 Å². The van der Waals surface area contributed by atoms with Crippen LogP contribution in [-0.2, 0) is 15.9 Å². The SMILES string of the molecule is COC(O)N1CCC[C@@](C)(CCOC(N)=O)[C@H]1Cc1cccc(-c2ccccc2)c1. The number of aliphatic hydroxyl groups is 1. The highest BCUT2D eigenvalue weighted by Crippen LogP contribution is 2.41. The summed E-state index contributed by atoms with van der Waals surface area (Å²) in [6.07, 6.45) is 1.62. The number of likely N-dealkylation sites (tertiary alicyclic amines) is 1. The van der Waals surface area contributed by atoms with Crippen molar-refractivity contribution in [2.45, 2.75) is 45.1 Å². The second kappa shape index (κ2) is 10.1. The van der Waals surface area contributed by atoms with E-state index < -0.39 is 12.5 Å². The Morgan fingerprint density at radius 1 is 1.23 bits per heavy atom. The molecule has 30 heavy (non-hydrogen) atoms. The summed E-state index contributed by atoms with van der Waals surface area (Å²) in [6.45, 7) is 3.21. The third kappa shape index (κ3) is 5.39. The first kappa shape index (κ1) is 22.3. The van der Waals surface area contributed by atoms with Crippen LogP contribution in [0.15, 0.2) is 54.6 Å². The Hall–Kier alpha value is -2.41. The molecule has 6 nitrogen and oxygen atoms in total. The highest BCUT2D eigenvalue weighted by atomic mass is 16.6. The molecular weight excluding hydrogens is 380 g/mol. The van der Waals surface area contributed by atoms with Gasteiger partial charge in [-0.1, -0.05) is 61.5 Å². The van der Waals surface area contributed by atoms with Crippen LogP contribution < -0.4 is 5.73 Å². The molecule has 1 saturated heterocycles. The van der Waals surface area contributed by atoms with Crippen molar-refractivity contribution >= 4 is 6.09 Å². The molecule has 0 aliphatic carbocycles. The van der Waals surface area contributed by atoms with Gasteiger partial charge < -0.3 is 20.3 Å². The van der Waals surface area contributed by atoms with Crippen LogP contribution >= 0.6 is 0 Å². The fraction of sp³-hybridized carbons (Fsp3) is 0.458. The smallest absolute Gasteiger partial charge is 0.404 e. The zero-order valence-electron chi connectivity index (χ0n) is 17.8. The van der Waals surface area contributed by atoms with Crippen molar-refractivity contribution in [3.8, 4) is 11.1 Å². The van der Waals surface area contributed by atoms with Gasteiger partial charge in [-0.3, -0.25) is 4.90 Å². The van der Waals surface area contributed by atoms with Crippen molar-refractivity contribution in [1.82, 2.24) is 4.90 Å². The van der Waals surface area contributed by atoms with Crippen LogP contribution in [0.3, 0.4) is 0 Å². The number of primary amides is 1. The number of nitrogens with two attached hydrogens (primary N) is 1. The van der Waals surface area contributed by atoms with Crippen molar-refractivity contribution in [2.24, 2.45) is 11.1 Å². The Balaban J connectivity index is 1.86. The average molecular weight is 413 g/mol. The molecule has 1 aliphatic rings. The quantitative estimate of drug-likeness (QED) is 0.645. The molecule has 2 aromatic rings. The largest absolute Gasteiger partial charge is 0.450 e. The van der Waals surface area contributed by atoms with E-state index in [0.29, 0.717) is 6.42 Å².